The summed E-state index contributed by atoms with van der Waals surface area (Å²) in [4.78, 5) is 12.0. The molecule has 0 spiro atoms. The Kier molecular flexibility index (Phi) is 4.84. The third-order valence-electron chi connectivity index (χ3n) is 3.57. The van der Waals surface area contributed by atoms with Gasteiger partial charge in [0, 0.05) is 6.04 Å². The average Bonchev–Trinajstić information content (AvgIpc) is 2.81. The Morgan fingerprint density at radius 2 is 2.14 bits per heavy atom. The van der Waals surface area contributed by atoms with E-state index in [1.165, 1.54) is 0 Å². The Balaban J connectivity index is 2.23. The van der Waals surface area contributed by atoms with Crippen molar-refractivity contribution in [3.8, 4) is 0 Å². The number of hydrogen-bond donors (Lipinski definition) is 1. The highest BCUT2D eigenvalue weighted by atomic mass is 32.2. The van der Waals surface area contributed by atoms with Crippen molar-refractivity contribution < 1.29 is 13.7 Å². The largest absolute Gasteiger partial charge is 0.462 e. The Bertz CT molecular complexity index is 563. The van der Waals surface area contributed by atoms with Crippen molar-refractivity contribution in [2.75, 3.05) is 6.61 Å². The van der Waals surface area contributed by atoms with Gasteiger partial charge in [0.05, 0.1) is 27.9 Å². The maximum atomic E-state index is 12.3. The molecule has 0 aromatic heterocycles. The summed E-state index contributed by atoms with van der Waals surface area (Å²) in [7, 11) is -1.12. The van der Waals surface area contributed by atoms with Crippen molar-refractivity contribution in [2.24, 2.45) is 0 Å². The van der Waals surface area contributed by atoms with Gasteiger partial charge in [-0.25, -0.2) is 13.7 Å². The molecule has 1 aliphatic carbocycles. The summed E-state index contributed by atoms with van der Waals surface area (Å²) < 4.78 is 20.3. The first-order valence-corrected chi connectivity index (χ1v) is 8.46. The Morgan fingerprint density at radius 3 is 2.76 bits per heavy atom. The topological polar surface area (TPSA) is 55.4 Å². The molecule has 0 amide bonds. The van der Waals surface area contributed by atoms with Gasteiger partial charge >= 0.3 is 5.97 Å². The zero-order valence-electron chi connectivity index (χ0n) is 13.1. The molecule has 4 nitrogen and oxygen atoms in total. The van der Waals surface area contributed by atoms with Gasteiger partial charge in [-0.3, -0.25) is 0 Å². The van der Waals surface area contributed by atoms with Gasteiger partial charge in [-0.1, -0.05) is 12.1 Å². The highest BCUT2D eigenvalue weighted by Gasteiger charge is 2.30. The molecule has 2 rings (SSSR count). The maximum absolute atomic E-state index is 12.3. The number of benzene rings is 1. The fourth-order valence-electron chi connectivity index (χ4n) is 2.48. The van der Waals surface area contributed by atoms with E-state index in [2.05, 4.69) is 4.72 Å². The molecule has 0 heterocycles. The number of ether oxygens (including phenoxy) is 1. The Hall–Kier alpha value is -1.20. The lowest BCUT2D eigenvalue weighted by Gasteiger charge is -2.22. The first kappa shape index (κ1) is 16.2. The summed E-state index contributed by atoms with van der Waals surface area (Å²) in [5.41, 5.74) is 2.73. The molecular formula is C16H23NO3S. The highest BCUT2D eigenvalue weighted by molar-refractivity contribution is 7.84. The lowest BCUT2D eigenvalue weighted by atomic mass is 10.0. The summed E-state index contributed by atoms with van der Waals surface area (Å²) in [6.45, 7) is 8.01. The van der Waals surface area contributed by atoms with Crippen LogP contribution in [-0.4, -0.2) is 21.5 Å². The molecule has 1 aromatic carbocycles. The lowest BCUT2D eigenvalue weighted by Crippen LogP contribution is -2.35. The molecule has 116 valence electrons. The second kappa shape index (κ2) is 6.28. The average molecular weight is 309 g/mol. The second-order valence-corrected chi connectivity index (χ2v) is 8.18. The smallest absolute Gasteiger partial charge is 0.338 e. The zero-order chi connectivity index (χ0) is 15.6. The molecule has 0 aliphatic heterocycles. The number of esters is 1. The Labute approximate surface area is 128 Å². The van der Waals surface area contributed by atoms with Crippen molar-refractivity contribution in [1.29, 1.82) is 0 Å². The fraction of sp³-hybridized carbons (Fsp3) is 0.562. The van der Waals surface area contributed by atoms with E-state index in [-0.39, 0.29) is 16.8 Å². The molecule has 0 radical (unpaired) electrons. The van der Waals surface area contributed by atoms with Gasteiger partial charge < -0.3 is 4.74 Å². The van der Waals surface area contributed by atoms with Crippen LogP contribution in [0.1, 0.15) is 61.6 Å². The van der Waals surface area contributed by atoms with E-state index in [0.29, 0.717) is 12.2 Å². The van der Waals surface area contributed by atoms with Crippen LogP contribution >= 0.6 is 0 Å². The monoisotopic (exact) mass is 309 g/mol. The van der Waals surface area contributed by atoms with Crippen molar-refractivity contribution in [3.05, 3.63) is 34.9 Å². The quantitative estimate of drug-likeness (QED) is 0.870. The van der Waals surface area contributed by atoms with Crippen LogP contribution in [0, 0.1) is 0 Å². The van der Waals surface area contributed by atoms with E-state index < -0.39 is 11.0 Å². The van der Waals surface area contributed by atoms with Crippen molar-refractivity contribution >= 4 is 17.0 Å². The molecule has 0 saturated heterocycles. The van der Waals surface area contributed by atoms with Crippen LogP contribution in [0.15, 0.2) is 18.2 Å². The van der Waals surface area contributed by atoms with Crippen LogP contribution in [0.4, 0.5) is 0 Å². The fourth-order valence-corrected chi connectivity index (χ4v) is 3.34. The van der Waals surface area contributed by atoms with Crippen LogP contribution in [0.25, 0.3) is 0 Å². The van der Waals surface area contributed by atoms with Crippen LogP contribution in [-0.2, 0) is 22.1 Å². The summed E-state index contributed by atoms with van der Waals surface area (Å²) in [6.07, 6.45) is 1.66. The lowest BCUT2D eigenvalue weighted by molar-refractivity contribution is 0.0525. The van der Waals surface area contributed by atoms with Gasteiger partial charge in [-0.05, 0) is 57.7 Å². The number of carbonyl (C=O) groups is 1. The zero-order valence-corrected chi connectivity index (χ0v) is 13.9. The SMILES string of the molecule is CCOC(=O)c1cccc2c1CC[C@@H]2N[S@](=O)C(C)(C)C. The molecule has 0 fully saturated rings. The number of carbonyl (C=O) groups excluding carboxylic acids is 1. The van der Waals surface area contributed by atoms with E-state index >= 15 is 0 Å². The number of hydrogen-bond acceptors (Lipinski definition) is 3. The summed E-state index contributed by atoms with van der Waals surface area (Å²) in [6, 6.07) is 5.71. The van der Waals surface area contributed by atoms with E-state index in [9.17, 15) is 9.00 Å². The standard InChI is InChI=1S/C16H23NO3S/c1-5-20-15(18)13-8-6-7-12-11(13)9-10-14(12)17-21(19)16(2,3)4/h6-8,14,17H,5,9-10H2,1-4H3/t14-,21+/m0/s1. The first-order chi connectivity index (χ1) is 9.84. The van der Waals surface area contributed by atoms with E-state index in [4.69, 9.17) is 4.74 Å². The van der Waals surface area contributed by atoms with Crippen LogP contribution in [0.3, 0.4) is 0 Å². The number of nitrogens with one attached hydrogen (secondary N) is 1. The Morgan fingerprint density at radius 1 is 1.43 bits per heavy atom. The van der Waals surface area contributed by atoms with Crippen molar-refractivity contribution in [1.82, 2.24) is 4.72 Å². The number of rotatable bonds is 4. The molecule has 0 unspecified atom stereocenters. The van der Waals surface area contributed by atoms with Crippen LogP contribution < -0.4 is 4.72 Å². The van der Waals surface area contributed by atoms with E-state index in [1.807, 2.05) is 32.9 Å². The molecule has 1 aromatic rings. The van der Waals surface area contributed by atoms with Crippen molar-refractivity contribution in [2.45, 2.75) is 51.3 Å². The van der Waals surface area contributed by atoms with Gasteiger partial charge in [0.15, 0.2) is 0 Å². The minimum atomic E-state index is -1.12. The third kappa shape index (κ3) is 3.52. The first-order valence-electron chi connectivity index (χ1n) is 7.31. The van der Waals surface area contributed by atoms with E-state index in [0.717, 1.165) is 24.0 Å². The maximum Gasteiger partial charge on any atom is 0.338 e. The molecule has 1 N–H and O–H groups in total. The summed E-state index contributed by atoms with van der Waals surface area (Å²) in [5, 5.41) is 0. The predicted molar refractivity (Wildman–Crippen MR) is 84.5 cm³/mol. The van der Waals surface area contributed by atoms with Gasteiger partial charge in [0.25, 0.3) is 0 Å². The highest BCUT2D eigenvalue weighted by Crippen LogP contribution is 2.34. The van der Waals surface area contributed by atoms with Gasteiger partial charge in [0.1, 0.15) is 0 Å². The number of fused-ring (bicyclic) bond motifs is 1. The summed E-state index contributed by atoms with van der Waals surface area (Å²) >= 11 is 0. The molecule has 21 heavy (non-hydrogen) atoms. The van der Waals surface area contributed by atoms with Gasteiger partial charge in [-0.15, -0.1) is 0 Å². The van der Waals surface area contributed by atoms with E-state index in [1.54, 1.807) is 13.0 Å². The molecule has 0 saturated carbocycles. The van der Waals surface area contributed by atoms with Crippen LogP contribution in [0.5, 0.6) is 0 Å². The molecule has 5 heteroatoms. The second-order valence-electron chi connectivity index (χ2n) is 6.18. The molecule has 1 aliphatic rings. The minimum absolute atomic E-state index is 0.0365. The normalized spacial score (nSPS) is 19.1. The predicted octanol–water partition coefficient (Wildman–Crippen LogP) is 2.90. The minimum Gasteiger partial charge on any atom is -0.462 e. The molecule has 0 bridgehead atoms. The third-order valence-corrected chi connectivity index (χ3v) is 5.18. The molecular weight excluding hydrogens is 286 g/mol. The molecule has 2 atom stereocenters. The van der Waals surface area contributed by atoms with Crippen molar-refractivity contribution in [3.63, 3.8) is 0 Å². The summed E-state index contributed by atoms with van der Waals surface area (Å²) in [5.74, 6) is -0.271. The van der Waals surface area contributed by atoms with Crippen LogP contribution in [0.2, 0.25) is 0 Å². The van der Waals surface area contributed by atoms with Gasteiger partial charge in [-0.2, -0.15) is 0 Å². The van der Waals surface area contributed by atoms with Gasteiger partial charge in [0.2, 0.25) is 0 Å².